The van der Waals surface area contributed by atoms with Crippen LogP contribution in [0.2, 0.25) is 15.1 Å². The third kappa shape index (κ3) is 3.01. The molecular formula is C14H9Cl3O3. The van der Waals surface area contributed by atoms with Gasteiger partial charge in [-0.25, -0.2) is 4.79 Å². The standard InChI is InChI=1S/C14H9Cl3O3/c1-7-3-2-4-8(14(18)19)13(7)20-12-6-10(16)9(15)5-11(12)17/h2-6H,1H3,(H,18,19). The zero-order valence-corrected chi connectivity index (χ0v) is 12.6. The number of benzene rings is 2. The van der Waals surface area contributed by atoms with E-state index >= 15 is 0 Å². The van der Waals surface area contributed by atoms with E-state index in [1.165, 1.54) is 18.2 Å². The molecule has 0 aromatic heterocycles. The highest BCUT2D eigenvalue weighted by atomic mass is 35.5. The van der Waals surface area contributed by atoms with E-state index in [1.807, 2.05) is 0 Å². The largest absolute Gasteiger partial charge is 0.478 e. The number of aryl methyl sites for hydroxylation is 1. The van der Waals surface area contributed by atoms with E-state index in [0.717, 1.165) is 0 Å². The van der Waals surface area contributed by atoms with Gasteiger partial charge >= 0.3 is 5.97 Å². The average molecular weight is 332 g/mol. The van der Waals surface area contributed by atoms with E-state index in [2.05, 4.69) is 0 Å². The van der Waals surface area contributed by atoms with Gasteiger partial charge in [0.1, 0.15) is 17.1 Å². The van der Waals surface area contributed by atoms with Crippen molar-refractivity contribution < 1.29 is 14.6 Å². The molecule has 3 nitrogen and oxygen atoms in total. The predicted octanol–water partition coefficient (Wildman–Crippen LogP) is 5.45. The first kappa shape index (κ1) is 15.0. The molecule has 0 aliphatic heterocycles. The first-order chi connectivity index (χ1) is 9.40. The number of carboxylic acid groups (broad SMARTS) is 1. The monoisotopic (exact) mass is 330 g/mol. The number of carboxylic acids is 1. The molecule has 0 saturated heterocycles. The lowest BCUT2D eigenvalue weighted by atomic mass is 10.1. The van der Waals surface area contributed by atoms with Crippen molar-refractivity contribution in [3.05, 3.63) is 56.5 Å². The third-order valence-corrected chi connectivity index (χ3v) is 3.65. The molecule has 0 bridgehead atoms. The summed E-state index contributed by atoms with van der Waals surface area (Å²) in [4.78, 5) is 11.2. The van der Waals surface area contributed by atoms with E-state index in [9.17, 15) is 9.90 Å². The smallest absolute Gasteiger partial charge is 0.339 e. The van der Waals surface area contributed by atoms with Crippen LogP contribution in [-0.4, -0.2) is 11.1 Å². The Balaban J connectivity index is 2.50. The summed E-state index contributed by atoms with van der Waals surface area (Å²) in [6.07, 6.45) is 0. The summed E-state index contributed by atoms with van der Waals surface area (Å²) in [6, 6.07) is 7.73. The van der Waals surface area contributed by atoms with E-state index in [-0.39, 0.29) is 27.1 Å². The molecule has 0 saturated carbocycles. The molecule has 0 unspecified atom stereocenters. The highest BCUT2D eigenvalue weighted by Gasteiger charge is 2.16. The zero-order chi connectivity index (χ0) is 14.9. The van der Waals surface area contributed by atoms with Crippen LogP contribution >= 0.6 is 34.8 Å². The van der Waals surface area contributed by atoms with Crippen LogP contribution in [0.3, 0.4) is 0 Å². The average Bonchev–Trinajstić information content (AvgIpc) is 2.37. The molecule has 0 heterocycles. The maximum Gasteiger partial charge on any atom is 0.339 e. The molecular weight excluding hydrogens is 323 g/mol. The summed E-state index contributed by atoms with van der Waals surface area (Å²) in [5.74, 6) is -0.613. The fourth-order valence-electron chi connectivity index (χ4n) is 1.65. The fourth-order valence-corrected chi connectivity index (χ4v) is 2.22. The van der Waals surface area contributed by atoms with Gasteiger partial charge in [-0.2, -0.15) is 0 Å². The second kappa shape index (κ2) is 5.92. The number of para-hydroxylation sites is 1. The van der Waals surface area contributed by atoms with Gasteiger partial charge in [0.2, 0.25) is 0 Å². The summed E-state index contributed by atoms with van der Waals surface area (Å²) >= 11 is 17.8. The Morgan fingerprint density at radius 3 is 2.40 bits per heavy atom. The Morgan fingerprint density at radius 1 is 1.10 bits per heavy atom. The lowest BCUT2D eigenvalue weighted by molar-refractivity contribution is 0.0694. The lowest BCUT2D eigenvalue weighted by Gasteiger charge is -2.13. The number of aromatic carboxylic acids is 1. The number of hydrogen-bond acceptors (Lipinski definition) is 2. The molecule has 0 amide bonds. The summed E-state index contributed by atoms with van der Waals surface area (Å²) in [5, 5.41) is 10.00. The van der Waals surface area contributed by atoms with Crippen molar-refractivity contribution >= 4 is 40.8 Å². The van der Waals surface area contributed by atoms with Gasteiger partial charge in [-0.15, -0.1) is 0 Å². The summed E-state index contributed by atoms with van der Waals surface area (Å²) < 4.78 is 5.61. The van der Waals surface area contributed by atoms with Gasteiger partial charge in [-0.3, -0.25) is 0 Å². The van der Waals surface area contributed by atoms with Gasteiger partial charge in [-0.1, -0.05) is 46.9 Å². The number of halogens is 3. The van der Waals surface area contributed by atoms with Crippen LogP contribution in [0.5, 0.6) is 11.5 Å². The minimum absolute atomic E-state index is 0.0483. The van der Waals surface area contributed by atoms with Gasteiger partial charge < -0.3 is 9.84 Å². The van der Waals surface area contributed by atoms with Crippen molar-refractivity contribution in [1.29, 1.82) is 0 Å². The number of hydrogen-bond donors (Lipinski definition) is 1. The summed E-state index contributed by atoms with van der Waals surface area (Å²) in [7, 11) is 0. The van der Waals surface area contributed by atoms with Crippen molar-refractivity contribution in [3.63, 3.8) is 0 Å². The second-order valence-electron chi connectivity index (χ2n) is 4.06. The molecule has 0 fully saturated rings. The summed E-state index contributed by atoms with van der Waals surface area (Å²) in [6.45, 7) is 1.74. The number of ether oxygens (including phenoxy) is 1. The topological polar surface area (TPSA) is 46.5 Å². The zero-order valence-electron chi connectivity index (χ0n) is 10.3. The minimum atomic E-state index is -1.08. The van der Waals surface area contributed by atoms with Crippen LogP contribution in [-0.2, 0) is 0 Å². The molecule has 2 aromatic rings. The van der Waals surface area contributed by atoms with E-state index < -0.39 is 5.97 Å². The first-order valence-corrected chi connectivity index (χ1v) is 6.69. The molecule has 0 radical (unpaired) electrons. The van der Waals surface area contributed by atoms with Crippen LogP contribution in [0.1, 0.15) is 15.9 Å². The molecule has 0 spiro atoms. The van der Waals surface area contributed by atoms with E-state index in [4.69, 9.17) is 39.5 Å². The molecule has 0 aliphatic carbocycles. The van der Waals surface area contributed by atoms with Crippen LogP contribution in [0.25, 0.3) is 0 Å². The SMILES string of the molecule is Cc1cccc(C(=O)O)c1Oc1cc(Cl)c(Cl)cc1Cl. The number of carbonyl (C=O) groups is 1. The van der Waals surface area contributed by atoms with Crippen molar-refractivity contribution in [2.45, 2.75) is 6.92 Å². The molecule has 2 rings (SSSR count). The Morgan fingerprint density at radius 2 is 1.75 bits per heavy atom. The van der Waals surface area contributed by atoms with Gasteiger partial charge in [-0.05, 0) is 24.6 Å². The maximum absolute atomic E-state index is 11.2. The Hall–Kier alpha value is -1.42. The van der Waals surface area contributed by atoms with Crippen LogP contribution in [0, 0.1) is 6.92 Å². The van der Waals surface area contributed by atoms with Crippen molar-refractivity contribution in [3.8, 4) is 11.5 Å². The highest BCUT2D eigenvalue weighted by molar-refractivity contribution is 6.43. The lowest BCUT2D eigenvalue weighted by Crippen LogP contribution is -2.01. The van der Waals surface area contributed by atoms with Crippen LogP contribution in [0.15, 0.2) is 30.3 Å². The van der Waals surface area contributed by atoms with Gasteiger partial charge in [0.05, 0.1) is 15.1 Å². The van der Waals surface area contributed by atoms with E-state index in [1.54, 1.807) is 19.1 Å². The van der Waals surface area contributed by atoms with Crippen LogP contribution < -0.4 is 4.74 Å². The number of rotatable bonds is 3. The quantitative estimate of drug-likeness (QED) is 0.761. The molecule has 104 valence electrons. The fraction of sp³-hybridized carbons (Fsp3) is 0.0714. The van der Waals surface area contributed by atoms with E-state index in [0.29, 0.717) is 10.6 Å². The van der Waals surface area contributed by atoms with Gasteiger partial charge in [0.25, 0.3) is 0 Å². The second-order valence-corrected chi connectivity index (χ2v) is 5.28. The highest BCUT2D eigenvalue weighted by Crippen LogP contribution is 2.38. The molecule has 0 atom stereocenters. The Kier molecular flexibility index (Phi) is 4.43. The van der Waals surface area contributed by atoms with Crippen molar-refractivity contribution in [2.75, 3.05) is 0 Å². The van der Waals surface area contributed by atoms with Crippen molar-refractivity contribution in [2.24, 2.45) is 0 Å². The van der Waals surface area contributed by atoms with Gasteiger partial charge in [0.15, 0.2) is 0 Å². The molecule has 6 heteroatoms. The molecule has 2 aromatic carbocycles. The summed E-state index contributed by atoms with van der Waals surface area (Å²) in [5.41, 5.74) is 0.721. The van der Waals surface area contributed by atoms with Crippen LogP contribution in [0.4, 0.5) is 0 Å². The molecule has 0 aliphatic rings. The minimum Gasteiger partial charge on any atom is -0.478 e. The molecule has 20 heavy (non-hydrogen) atoms. The Bertz CT molecular complexity index is 684. The normalized spacial score (nSPS) is 10.4. The van der Waals surface area contributed by atoms with Gasteiger partial charge in [0, 0.05) is 6.07 Å². The Labute approximate surface area is 130 Å². The molecule has 1 N–H and O–H groups in total. The third-order valence-electron chi connectivity index (χ3n) is 2.63. The first-order valence-electron chi connectivity index (χ1n) is 5.55. The van der Waals surface area contributed by atoms with Crippen molar-refractivity contribution in [1.82, 2.24) is 0 Å². The predicted molar refractivity (Wildman–Crippen MR) is 79.7 cm³/mol. The maximum atomic E-state index is 11.2.